The zero-order valence-corrected chi connectivity index (χ0v) is 24.4. The number of methoxy groups -OCH3 is 1. The zero-order valence-electron chi connectivity index (χ0n) is 22.8. The number of nitrogens with one attached hydrogen (secondary N) is 1. The van der Waals surface area contributed by atoms with Gasteiger partial charge in [-0.15, -0.1) is 11.3 Å². The molecule has 1 amide bonds. The van der Waals surface area contributed by atoms with Gasteiger partial charge in [0.15, 0.2) is 22.6 Å². The van der Waals surface area contributed by atoms with E-state index in [-0.39, 0.29) is 23.3 Å². The number of hydrogen-bond donors (Lipinski definition) is 1. The molecular weight excluding hydrogens is 577 g/mol. The van der Waals surface area contributed by atoms with Gasteiger partial charge in [-0.1, -0.05) is 32.4 Å². The van der Waals surface area contributed by atoms with Gasteiger partial charge in [0, 0.05) is 39.7 Å². The summed E-state index contributed by atoms with van der Waals surface area (Å²) in [4.78, 5) is 24.3. The summed E-state index contributed by atoms with van der Waals surface area (Å²) in [6.45, 7) is 6.65. The number of nitrogens with zero attached hydrogens (tertiary/aromatic N) is 3. The number of fused-ring (bicyclic) bond motifs is 1. The molecule has 41 heavy (non-hydrogen) atoms. The average molecular weight is 605 g/mol. The summed E-state index contributed by atoms with van der Waals surface area (Å²) in [6.07, 6.45) is 1.93. The van der Waals surface area contributed by atoms with Crippen LogP contribution in [0.25, 0.3) is 22.0 Å². The third-order valence-corrected chi connectivity index (χ3v) is 7.90. The molecular formula is C29H28ClF3N4O3S. The summed E-state index contributed by atoms with van der Waals surface area (Å²) in [7, 11) is 1.57. The van der Waals surface area contributed by atoms with Crippen LogP contribution in [0.2, 0.25) is 5.02 Å². The van der Waals surface area contributed by atoms with E-state index in [1.54, 1.807) is 35.7 Å². The second-order valence-corrected chi connectivity index (χ2v) is 12.2. The average Bonchev–Trinajstić information content (AvgIpc) is 3.59. The summed E-state index contributed by atoms with van der Waals surface area (Å²) in [5.74, 6) is -3.24. The van der Waals surface area contributed by atoms with Crippen LogP contribution in [0.15, 0.2) is 41.9 Å². The molecule has 1 fully saturated rings. The normalized spacial score (nSPS) is 16.2. The lowest BCUT2D eigenvalue weighted by Gasteiger charge is -2.33. The highest BCUT2D eigenvalue weighted by atomic mass is 35.5. The Kier molecular flexibility index (Phi) is 8.02. The predicted octanol–water partition coefficient (Wildman–Crippen LogP) is 6.94. The fraction of sp³-hybridized carbons (Fsp3) is 0.345. The smallest absolute Gasteiger partial charge is 0.245 e. The Bertz CT molecular complexity index is 1590. The first-order valence-corrected chi connectivity index (χ1v) is 14.1. The molecule has 0 bridgehead atoms. The van der Waals surface area contributed by atoms with Gasteiger partial charge < -0.3 is 19.7 Å². The van der Waals surface area contributed by atoms with E-state index in [1.807, 2.05) is 26.8 Å². The van der Waals surface area contributed by atoms with Crippen LogP contribution in [0.1, 0.15) is 27.2 Å². The van der Waals surface area contributed by atoms with Crippen molar-refractivity contribution >= 4 is 44.7 Å². The monoisotopic (exact) mass is 604 g/mol. The highest BCUT2D eigenvalue weighted by molar-refractivity contribution is 7.14. The van der Waals surface area contributed by atoms with Crippen molar-refractivity contribution in [1.82, 2.24) is 14.9 Å². The number of amides is 1. The van der Waals surface area contributed by atoms with Gasteiger partial charge in [-0.25, -0.2) is 23.1 Å². The summed E-state index contributed by atoms with van der Waals surface area (Å²) in [6, 6.07) is 6.53. The number of halogens is 4. The molecule has 1 aliphatic rings. The van der Waals surface area contributed by atoms with E-state index in [4.69, 9.17) is 21.1 Å². The second kappa shape index (κ2) is 11.4. The Hall–Kier alpha value is -3.57. The van der Waals surface area contributed by atoms with Gasteiger partial charge in [0.05, 0.1) is 25.5 Å². The van der Waals surface area contributed by atoms with Crippen LogP contribution in [0.5, 0.6) is 11.6 Å². The molecule has 2 aromatic carbocycles. The van der Waals surface area contributed by atoms with Crippen molar-refractivity contribution in [3.05, 3.63) is 64.4 Å². The lowest BCUT2D eigenvalue weighted by molar-refractivity contribution is -0.133. The van der Waals surface area contributed by atoms with Crippen molar-refractivity contribution in [2.24, 2.45) is 5.41 Å². The predicted molar refractivity (Wildman–Crippen MR) is 153 cm³/mol. The molecule has 2 aromatic heterocycles. The number of anilines is 1. The van der Waals surface area contributed by atoms with Gasteiger partial charge in [-0.05, 0) is 35.7 Å². The van der Waals surface area contributed by atoms with E-state index in [1.165, 1.54) is 11.3 Å². The maximum absolute atomic E-state index is 13.7. The Labute approximate surface area is 244 Å². The minimum atomic E-state index is -1.53. The molecule has 5 rings (SSSR count). The molecule has 1 unspecified atom stereocenters. The number of rotatable bonds is 7. The molecule has 0 spiro atoms. The van der Waals surface area contributed by atoms with Crippen LogP contribution in [0.3, 0.4) is 0 Å². The van der Waals surface area contributed by atoms with Crippen LogP contribution in [0, 0.1) is 22.9 Å². The topological polar surface area (TPSA) is 76.6 Å². The van der Waals surface area contributed by atoms with Crippen molar-refractivity contribution < 1.29 is 27.4 Å². The Morgan fingerprint density at radius 2 is 1.90 bits per heavy atom. The van der Waals surface area contributed by atoms with Gasteiger partial charge in [-0.2, -0.15) is 0 Å². The fourth-order valence-electron chi connectivity index (χ4n) is 4.73. The first-order valence-electron chi connectivity index (χ1n) is 12.9. The van der Waals surface area contributed by atoms with E-state index >= 15 is 0 Å². The molecule has 1 N–H and O–H groups in total. The van der Waals surface area contributed by atoms with E-state index in [0.717, 1.165) is 22.9 Å². The van der Waals surface area contributed by atoms with Gasteiger partial charge in [0.25, 0.3) is 0 Å². The van der Waals surface area contributed by atoms with Gasteiger partial charge in [-0.3, -0.25) is 4.79 Å². The van der Waals surface area contributed by atoms with E-state index in [9.17, 15) is 18.0 Å². The maximum atomic E-state index is 13.7. The van der Waals surface area contributed by atoms with Crippen molar-refractivity contribution in [2.45, 2.75) is 39.3 Å². The van der Waals surface area contributed by atoms with Crippen LogP contribution in [-0.4, -0.2) is 53.1 Å². The minimum Gasteiger partial charge on any atom is -0.494 e. The number of aromatic nitrogens is 2. The Morgan fingerprint density at radius 1 is 1.17 bits per heavy atom. The summed E-state index contributed by atoms with van der Waals surface area (Å²) >= 11 is 7.42. The SMILES string of the molecule is COc1cnc(OC2CCN(C(=O)[C@@H](Nc3nc(-c4cc(F)c(F)c(F)c4)cs3)C(C)(C)C)C2)c2cc(Cl)ccc12. The van der Waals surface area contributed by atoms with Crippen molar-refractivity contribution in [1.29, 1.82) is 0 Å². The van der Waals surface area contributed by atoms with Crippen molar-refractivity contribution in [2.75, 3.05) is 25.5 Å². The maximum Gasteiger partial charge on any atom is 0.245 e. The van der Waals surface area contributed by atoms with Gasteiger partial charge in [0.2, 0.25) is 11.8 Å². The molecule has 4 aromatic rings. The number of benzene rings is 2. The van der Waals surface area contributed by atoms with E-state index in [0.29, 0.717) is 41.3 Å². The van der Waals surface area contributed by atoms with Gasteiger partial charge in [0.1, 0.15) is 17.9 Å². The number of carbonyl (C=O) groups excluding carboxylic acids is 1. The third-order valence-electron chi connectivity index (χ3n) is 6.90. The fourth-order valence-corrected chi connectivity index (χ4v) is 5.66. The molecule has 7 nitrogen and oxygen atoms in total. The van der Waals surface area contributed by atoms with Crippen LogP contribution in [-0.2, 0) is 4.79 Å². The molecule has 1 aliphatic heterocycles. The molecule has 2 atom stereocenters. The third kappa shape index (κ3) is 6.06. The summed E-state index contributed by atoms with van der Waals surface area (Å²) in [5.41, 5.74) is -0.130. The summed E-state index contributed by atoms with van der Waals surface area (Å²) in [5, 5.41) is 7.28. The second-order valence-electron chi connectivity index (χ2n) is 10.9. The van der Waals surface area contributed by atoms with E-state index in [2.05, 4.69) is 15.3 Å². The molecule has 0 aliphatic carbocycles. The number of carbonyl (C=O) groups is 1. The van der Waals surface area contributed by atoms with Crippen molar-refractivity contribution in [3.63, 3.8) is 0 Å². The highest BCUT2D eigenvalue weighted by Gasteiger charge is 2.38. The lowest BCUT2D eigenvalue weighted by atomic mass is 9.86. The number of ether oxygens (including phenoxy) is 2. The number of hydrogen-bond acceptors (Lipinski definition) is 7. The molecule has 0 radical (unpaired) electrons. The molecule has 3 heterocycles. The Balaban J connectivity index is 1.31. The van der Waals surface area contributed by atoms with Crippen LogP contribution in [0.4, 0.5) is 18.3 Å². The zero-order chi connectivity index (χ0) is 29.5. The van der Waals surface area contributed by atoms with Gasteiger partial charge >= 0.3 is 0 Å². The molecule has 12 heteroatoms. The molecule has 0 saturated carbocycles. The first kappa shape index (κ1) is 28.9. The quantitative estimate of drug-likeness (QED) is 0.230. The summed E-state index contributed by atoms with van der Waals surface area (Å²) < 4.78 is 52.5. The van der Waals surface area contributed by atoms with Crippen LogP contribution < -0.4 is 14.8 Å². The largest absolute Gasteiger partial charge is 0.494 e. The van der Waals surface area contributed by atoms with Crippen LogP contribution >= 0.6 is 22.9 Å². The molecule has 216 valence electrons. The van der Waals surface area contributed by atoms with Crippen molar-refractivity contribution in [3.8, 4) is 22.9 Å². The Morgan fingerprint density at radius 3 is 2.59 bits per heavy atom. The standard InChI is InChI=1S/C29H28ClF3N4O3S/c1-29(2,3)25(36-28-35-22(14-41-28)15-9-20(31)24(33)21(32)10-15)27(38)37-8-7-17(13-37)40-26-19-11-16(30)5-6-18(19)23(39-4)12-34-26/h5-6,9-12,14,17,25H,7-8,13H2,1-4H3,(H,35,36)/t17?,25-/m1/s1. The number of thiazole rings is 1. The highest BCUT2D eigenvalue weighted by Crippen LogP contribution is 2.35. The molecule has 1 saturated heterocycles. The first-order chi connectivity index (χ1) is 19.4. The number of likely N-dealkylation sites (tertiary alicyclic amines) is 1. The van der Waals surface area contributed by atoms with E-state index < -0.39 is 28.9 Å². The number of pyridine rings is 1. The lowest BCUT2D eigenvalue weighted by Crippen LogP contribution is -2.49. The minimum absolute atomic E-state index is 0.102.